The number of imide groups is 1. The van der Waals surface area contributed by atoms with Crippen LogP contribution in [-0.4, -0.2) is 57.6 Å². The number of hydrogen-bond donors (Lipinski definition) is 0. The Morgan fingerprint density at radius 2 is 1.78 bits per heavy atom. The van der Waals surface area contributed by atoms with E-state index in [1.54, 1.807) is 0 Å². The molecule has 100 valence electrons. The van der Waals surface area contributed by atoms with E-state index < -0.39 is 33.7 Å². The van der Waals surface area contributed by atoms with Gasteiger partial charge in [0.05, 0.1) is 0 Å². The molecule has 0 aromatic heterocycles. The zero-order valence-corrected chi connectivity index (χ0v) is 9.72. The summed E-state index contributed by atoms with van der Waals surface area (Å²) in [5, 5.41) is 20.0. The number of urea groups is 1. The Bertz CT molecular complexity index is 438. The highest BCUT2D eigenvalue weighted by molar-refractivity contribution is 6.01. The molecule has 0 aliphatic carbocycles. The van der Waals surface area contributed by atoms with Crippen molar-refractivity contribution in [3.63, 3.8) is 0 Å². The van der Waals surface area contributed by atoms with Crippen molar-refractivity contribution in [2.75, 3.05) is 14.1 Å². The van der Waals surface area contributed by atoms with Gasteiger partial charge < -0.3 is 0 Å². The summed E-state index contributed by atoms with van der Waals surface area (Å²) in [5.74, 6) is -1.18. The van der Waals surface area contributed by atoms with Crippen molar-refractivity contribution in [2.24, 2.45) is 0 Å². The summed E-state index contributed by atoms with van der Waals surface area (Å²) in [5.41, 5.74) is -2.44. The molecule has 0 spiro atoms. The fourth-order valence-electron chi connectivity index (χ4n) is 1.67. The normalized spacial score (nSPS) is 28.3. The van der Waals surface area contributed by atoms with Crippen molar-refractivity contribution in [1.29, 1.82) is 0 Å². The first-order valence-corrected chi connectivity index (χ1v) is 4.64. The van der Waals surface area contributed by atoms with Crippen molar-refractivity contribution < 1.29 is 24.4 Å². The van der Waals surface area contributed by atoms with Crippen LogP contribution in [0.15, 0.2) is 0 Å². The van der Waals surface area contributed by atoms with Crippen molar-refractivity contribution in [3.8, 4) is 0 Å². The lowest BCUT2D eigenvalue weighted by molar-refractivity contribution is -0.787. The lowest BCUT2D eigenvalue weighted by Crippen LogP contribution is -2.71. The van der Waals surface area contributed by atoms with Crippen molar-refractivity contribution in [1.82, 2.24) is 9.80 Å². The van der Waals surface area contributed by atoms with E-state index in [1.165, 1.54) is 0 Å². The fourth-order valence-corrected chi connectivity index (χ4v) is 1.67. The first-order chi connectivity index (χ1) is 8.13. The third kappa shape index (κ3) is 1.69. The summed E-state index contributed by atoms with van der Waals surface area (Å²) in [4.78, 5) is 48.9. The van der Waals surface area contributed by atoms with Gasteiger partial charge in [-0.15, -0.1) is 10.1 Å². The minimum absolute atomic E-state index is 0.516. The summed E-state index contributed by atoms with van der Waals surface area (Å²) < 4.78 is 0. The minimum Gasteiger partial charge on any atom is -0.295 e. The second-order valence-electron chi connectivity index (χ2n) is 3.84. The predicted molar refractivity (Wildman–Crippen MR) is 53.2 cm³/mol. The van der Waals surface area contributed by atoms with Crippen molar-refractivity contribution in [2.45, 2.75) is 18.7 Å². The molecule has 1 heterocycles. The highest BCUT2D eigenvalue weighted by atomic mass is 17.0. The Morgan fingerprint density at radius 3 is 2.17 bits per heavy atom. The molecule has 18 heavy (non-hydrogen) atoms. The number of amides is 3. The molecule has 1 aliphatic heterocycles. The second-order valence-corrected chi connectivity index (χ2v) is 3.84. The monoisotopic (exact) mass is 262 g/mol. The van der Waals surface area contributed by atoms with E-state index in [0.717, 1.165) is 21.0 Å². The molecule has 0 aromatic rings. The molecule has 11 heteroatoms. The van der Waals surface area contributed by atoms with E-state index in [9.17, 15) is 29.8 Å². The maximum Gasteiger partial charge on any atom is 0.340 e. The summed E-state index contributed by atoms with van der Waals surface area (Å²) >= 11 is 0. The maximum atomic E-state index is 11.8. The summed E-state index contributed by atoms with van der Waals surface area (Å²) in [6.45, 7) is 0.864. The molecule has 11 nitrogen and oxygen atoms in total. The van der Waals surface area contributed by atoms with Gasteiger partial charge in [-0.25, -0.2) is 4.79 Å². The average molecular weight is 262 g/mol. The van der Waals surface area contributed by atoms with Gasteiger partial charge in [0.25, 0.3) is 11.3 Å². The Balaban J connectivity index is 3.31. The number of nitro groups is 1. The van der Waals surface area contributed by atoms with Crippen LogP contribution in [0.5, 0.6) is 0 Å². The first-order valence-electron chi connectivity index (χ1n) is 4.64. The zero-order valence-electron chi connectivity index (χ0n) is 9.72. The first kappa shape index (κ1) is 13.6. The van der Waals surface area contributed by atoms with Crippen LogP contribution in [0.4, 0.5) is 4.79 Å². The van der Waals surface area contributed by atoms with E-state index in [1.807, 2.05) is 0 Å². The molecule has 2 unspecified atom stereocenters. The molecule has 1 saturated heterocycles. The van der Waals surface area contributed by atoms with Gasteiger partial charge in [0.1, 0.15) is 0 Å². The van der Waals surface area contributed by atoms with Gasteiger partial charge >= 0.3 is 17.5 Å². The topological polar surface area (TPSA) is 136 Å². The molecule has 0 radical (unpaired) electrons. The molecule has 0 N–H and O–H groups in total. The maximum absolute atomic E-state index is 11.8. The lowest BCUT2D eigenvalue weighted by Gasteiger charge is -2.40. The quantitative estimate of drug-likeness (QED) is 0.473. The number of rotatable bonds is 3. The number of likely N-dealkylation sites (N-methyl/N-ethyl adjacent to an activating group) is 2. The van der Waals surface area contributed by atoms with Crippen LogP contribution in [0.2, 0.25) is 0 Å². The second kappa shape index (κ2) is 4.09. The van der Waals surface area contributed by atoms with E-state index >= 15 is 0 Å². The highest BCUT2D eigenvalue weighted by Gasteiger charge is 2.64. The highest BCUT2D eigenvalue weighted by Crippen LogP contribution is 2.28. The van der Waals surface area contributed by atoms with Gasteiger partial charge in [0.15, 0.2) is 0 Å². The van der Waals surface area contributed by atoms with Crippen LogP contribution < -0.4 is 0 Å². The molecular weight excluding hydrogens is 252 g/mol. The molecule has 0 saturated carbocycles. The van der Waals surface area contributed by atoms with Gasteiger partial charge in [0, 0.05) is 25.9 Å². The zero-order chi connectivity index (χ0) is 14.2. The van der Waals surface area contributed by atoms with Gasteiger partial charge in [-0.1, -0.05) is 0 Å². The van der Waals surface area contributed by atoms with Crippen molar-refractivity contribution in [3.05, 3.63) is 20.2 Å². The number of carbonyl (C=O) groups excluding carboxylic acids is 2. The van der Waals surface area contributed by atoms with Crippen LogP contribution in [0, 0.1) is 20.2 Å². The molecular formula is C7H10N4O7. The molecule has 1 fully saturated rings. The van der Waals surface area contributed by atoms with E-state index in [2.05, 4.69) is 4.84 Å². The molecule has 0 bridgehead atoms. The third-order valence-corrected chi connectivity index (χ3v) is 2.72. The Labute approximate surface area is 100 Å². The number of nitrogens with zero attached hydrogens (tertiary/aromatic N) is 4. The largest absolute Gasteiger partial charge is 0.340 e. The summed E-state index contributed by atoms with van der Waals surface area (Å²) in [6, 6.07) is -0.925. The van der Waals surface area contributed by atoms with Crippen molar-refractivity contribution >= 4 is 11.9 Å². The van der Waals surface area contributed by atoms with Crippen LogP contribution in [-0.2, 0) is 9.63 Å². The Morgan fingerprint density at radius 1 is 1.28 bits per heavy atom. The van der Waals surface area contributed by atoms with Gasteiger partial charge in [0.2, 0.25) is 0 Å². The summed E-state index contributed by atoms with van der Waals surface area (Å²) in [6.07, 6.45) is -1.92. The average Bonchev–Trinajstić information content (AvgIpc) is 2.29. The van der Waals surface area contributed by atoms with Crippen LogP contribution in [0.3, 0.4) is 0 Å². The molecule has 2 atom stereocenters. The predicted octanol–water partition coefficient (Wildman–Crippen LogP) is -0.920. The van der Waals surface area contributed by atoms with Gasteiger partial charge in [-0.2, -0.15) is 0 Å². The van der Waals surface area contributed by atoms with E-state index in [4.69, 9.17) is 0 Å². The van der Waals surface area contributed by atoms with E-state index in [-0.39, 0.29) is 0 Å². The van der Waals surface area contributed by atoms with Crippen LogP contribution in [0.25, 0.3) is 0 Å². The molecule has 0 aromatic carbocycles. The summed E-state index contributed by atoms with van der Waals surface area (Å²) in [7, 11) is 2.12. The molecule has 3 amide bonds. The SMILES string of the molecule is CN1C(=O)N(C)C(O[N+](=O)[O-])C(C)([N+](=O)[O-])C1=O. The van der Waals surface area contributed by atoms with Gasteiger partial charge in [-0.3, -0.25) is 29.5 Å². The van der Waals surface area contributed by atoms with Crippen LogP contribution in [0.1, 0.15) is 6.92 Å². The Kier molecular flexibility index (Phi) is 3.09. The smallest absolute Gasteiger partial charge is 0.295 e. The number of carbonyl (C=O) groups is 2. The Hall–Kier alpha value is -2.46. The number of hydrogen-bond acceptors (Lipinski definition) is 7. The van der Waals surface area contributed by atoms with Gasteiger partial charge in [-0.05, 0) is 0 Å². The minimum atomic E-state index is -2.44. The molecule has 1 rings (SSSR count). The standard InChI is InChI=1S/C7H10N4O7/c1-7(10(14)15)4(12)8(2)6(13)9(3)5(7)18-11(16)17/h5H,1-3H3. The fraction of sp³-hybridized carbons (Fsp3) is 0.714. The van der Waals surface area contributed by atoms with E-state index in [0.29, 0.717) is 9.80 Å². The lowest BCUT2D eigenvalue weighted by atomic mass is 9.96. The third-order valence-electron chi connectivity index (χ3n) is 2.72. The molecule has 1 aliphatic rings. The van der Waals surface area contributed by atoms with Crippen LogP contribution >= 0.6 is 0 Å².